The number of primary amides is 1. The van der Waals surface area contributed by atoms with Crippen LogP contribution in [-0.4, -0.2) is 15.2 Å². The van der Waals surface area contributed by atoms with Gasteiger partial charge in [-0.1, -0.05) is 0 Å². The van der Waals surface area contributed by atoms with Crippen molar-refractivity contribution in [2.24, 2.45) is 5.73 Å². The number of aromatic nitrogens is 2. The van der Waals surface area contributed by atoms with Gasteiger partial charge >= 0.3 is 0 Å². The summed E-state index contributed by atoms with van der Waals surface area (Å²) in [5.41, 5.74) is 4.85. The maximum atomic E-state index is 10.2. The number of nitrogens with two attached hydrogens (primary N) is 1. The van der Waals surface area contributed by atoms with Gasteiger partial charge in [-0.3, -0.25) is 4.79 Å². The SMILES string of the molecule is Cl.NC(=O)Sc1ncc[nH]1. The number of hydrogen-bond donors (Lipinski definition) is 2. The monoisotopic (exact) mass is 179 g/mol. The van der Waals surface area contributed by atoms with Gasteiger partial charge in [-0.2, -0.15) is 0 Å². The molecular weight excluding hydrogens is 174 g/mol. The molecule has 6 heteroatoms. The number of rotatable bonds is 1. The smallest absolute Gasteiger partial charge is 0.284 e. The van der Waals surface area contributed by atoms with Crippen LogP contribution in [0.2, 0.25) is 0 Å². The molecule has 1 aromatic rings. The Morgan fingerprint density at radius 2 is 2.50 bits per heavy atom. The molecule has 0 aliphatic rings. The Balaban J connectivity index is 0.000000810. The Bertz CT molecular complexity index is 200. The molecule has 0 radical (unpaired) electrons. The zero-order valence-electron chi connectivity index (χ0n) is 4.90. The van der Waals surface area contributed by atoms with Gasteiger partial charge in [0.15, 0.2) is 5.16 Å². The predicted molar refractivity (Wildman–Crippen MR) is 41.3 cm³/mol. The first-order valence-electron chi connectivity index (χ1n) is 2.25. The number of aromatic amines is 1. The molecule has 4 nitrogen and oxygen atoms in total. The van der Waals surface area contributed by atoms with Crippen LogP contribution in [0.5, 0.6) is 0 Å². The highest BCUT2D eigenvalue weighted by Crippen LogP contribution is 2.09. The summed E-state index contributed by atoms with van der Waals surface area (Å²) in [6.07, 6.45) is 3.19. The number of H-pyrrole nitrogens is 1. The Morgan fingerprint density at radius 3 is 2.90 bits per heavy atom. The van der Waals surface area contributed by atoms with E-state index < -0.39 is 5.24 Å². The van der Waals surface area contributed by atoms with E-state index >= 15 is 0 Å². The second kappa shape index (κ2) is 4.19. The highest BCUT2D eigenvalue weighted by molar-refractivity contribution is 8.13. The Hall–Kier alpha value is -0.680. The summed E-state index contributed by atoms with van der Waals surface area (Å²) in [6, 6.07) is 0. The fraction of sp³-hybridized carbons (Fsp3) is 0. The van der Waals surface area contributed by atoms with Crippen molar-refractivity contribution in [3.05, 3.63) is 12.4 Å². The third-order valence-corrected chi connectivity index (χ3v) is 1.29. The minimum absolute atomic E-state index is 0. The van der Waals surface area contributed by atoms with Crippen molar-refractivity contribution < 1.29 is 4.79 Å². The lowest BCUT2D eigenvalue weighted by atomic mass is 11.0. The van der Waals surface area contributed by atoms with Crippen LogP contribution in [0.4, 0.5) is 4.79 Å². The molecule has 56 valence electrons. The third-order valence-electron chi connectivity index (χ3n) is 0.670. The molecule has 0 bridgehead atoms. The number of imidazole rings is 1. The summed E-state index contributed by atoms with van der Waals surface area (Å²) < 4.78 is 0. The van der Waals surface area contributed by atoms with Gasteiger partial charge in [-0.25, -0.2) is 4.98 Å². The van der Waals surface area contributed by atoms with E-state index in [-0.39, 0.29) is 12.4 Å². The van der Waals surface area contributed by atoms with Crippen LogP contribution in [0, 0.1) is 0 Å². The first-order chi connectivity index (χ1) is 4.29. The van der Waals surface area contributed by atoms with Gasteiger partial charge in [0.25, 0.3) is 5.24 Å². The molecule has 0 unspecified atom stereocenters. The maximum absolute atomic E-state index is 10.2. The number of thioether (sulfide) groups is 1. The first kappa shape index (κ1) is 9.32. The van der Waals surface area contributed by atoms with Gasteiger partial charge in [0, 0.05) is 24.2 Å². The van der Waals surface area contributed by atoms with E-state index in [2.05, 4.69) is 9.97 Å². The number of amides is 1. The number of nitrogens with one attached hydrogen (secondary N) is 1. The quantitative estimate of drug-likeness (QED) is 0.632. The molecule has 1 aromatic heterocycles. The van der Waals surface area contributed by atoms with Crippen molar-refractivity contribution in [1.82, 2.24) is 9.97 Å². The third kappa shape index (κ3) is 2.75. The summed E-state index contributed by atoms with van der Waals surface area (Å²) in [4.78, 5) is 16.7. The van der Waals surface area contributed by atoms with Gasteiger partial charge in [0.2, 0.25) is 0 Å². The van der Waals surface area contributed by atoms with Crippen LogP contribution in [0.3, 0.4) is 0 Å². The molecule has 0 saturated heterocycles. The summed E-state index contributed by atoms with van der Waals surface area (Å²) in [6.45, 7) is 0. The van der Waals surface area contributed by atoms with E-state index in [0.717, 1.165) is 11.8 Å². The molecule has 0 atom stereocenters. The molecule has 1 amide bonds. The van der Waals surface area contributed by atoms with E-state index in [9.17, 15) is 4.79 Å². The van der Waals surface area contributed by atoms with Gasteiger partial charge in [0.1, 0.15) is 0 Å². The number of halogens is 1. The van der Waals surface area contributed by atoms with Gasteiger partial charge in [-0.05, 0) is 0 Å². The Labute approximate surface area is 68.0 Å². The van der Waals surface area contributed by atoms with Crippen molar-refractivity contribution in [1.29, 1.82) is 0 Å². The van der Waals surface area contributed by atoms with Crippen LogP contribution in [-0.2, 0) is 0 Å². The standard InChI is InChI=1S/C4H5N3OS.ClH/c5-3(8)9-4-6-1-2-7-4;/h1-2H,(H2,5,8)(H,6,7);1H. The number of carbonyl (C=O) groups excluding carboxylic acids is 1. The second-order valence-electron chi connectivity index (χ2n) is 1.32. The molecule has 1 heterocycles. The molecule has 0 aromatic carbocycles. The lowest BCUT2D eigenvalue weighted by molar-refractivity contribution is 0.267. The molecule has 0 spiro atoms. The largest absolute Gasteiger partial charge is 0.360 e. The topological polar surface area (TPSA) is 71.8 Å². The molecule has 1 rings (SSSR count). The summed E-state index contributed by atoms with van der Waals surface area (Å²) >= 11 is 0.877. The molecule has 0 fully saturated rings. The minimum atomic E-state index is -0.454. The average molecular weight is 180 g/mol. The molecule has 0 aliphatic heterocycles. The summed E-state index contributed by atoms with van der Waals surface area (Å²) in [7, 11) is 0. The van der Waals surface area contributed by atoms with Crippen LogP contribution in [0.15, 0.2) is 17.6 Å². The van der Waals surface area contributed by atoms with Gasteiger partial charge < -0.3 is 10.7 Å². The summed E-state index contributed by atoms with van der Waals surface area (Å²) in [5, 5.41) is 0.0763. The van der Waals surface area contributed by atoms with Crippen molar-refractivity contribution in [3.8, 4) is 0 Å². The lowest BCUT2D eigenvalue weighted by Gasteiger charge is -1.85. The van der Waals surface area contributed by atoms with Crippen molar-refractivity contribution in [2.45, 2.75) is 5.16 Å². The highest BCUT2D eigenvalue weighted by Gasteiger charge is 1.98. The van der Waals surface area contributed by atoms with Crippen LogP contribution in [0.25, 0.3) is 0 Å². The summed E-state index contributed by atoms with van der Waals surface area (Å²) in [5.74, 6) is 0. The minimum Gasteiger partial charge on any atom is -0.360 e. The fourth-order valence-electron chi connectivity index (χ4n) is 0.402. The lowest BCUT2D eigenvalue weighted by Crippen LogP contribution is -2.01. The number of carbonyl (C=O) groups is 1. The van der Waals surface area contributed by atoms with E-state index in [1.807, 2.05) is 0 Å². The second-order valence-corrected chi connectivity index (χ2v) is 2.31. The number of nitrogens with zero attached hydrogens (tertiary/aromatic N) is 1. The normalized spacial score (nSPS) is 8.40. The molecular formula is C4H6ClN3OS. The maximum Gasteiger partial charge on any atom is 0.284 e. The molecule has 10 heavy (non-hydrogen) atoms. The molecule has 0 aliphatic carbocycles. The van der Waals surface area contributed by atoms with Gasteiger partial charge in [0.05, 0.1) is 0 Å². The van der Waals surface area contributed by atoms with Gasteiger partial charge in [-0.15, -0.1) is 12.4 Å². The average Bonchev–Trinajstić information content (AvgIpc) is 2.15. The van der Waals surface area contributed by atoms with Crippen molar-refractivity contribution in [2.75, 3.05) is 0 Å². The first-order valence-corrected chi connectivity index (χ1v) is 3.07. The van der Waals surface area contributed by atoms with Crippen LogP contribution < -0.4 is 5.73 Å². The van der Waals surface area contributed by atoms with Crippen LogP contribution in [0.1, 0.15) is 0 Å². The molecule has 3 N–H and O–H groups in total. The zero-order valence-corrected chi connectivity index (χ0v) is 6.54. The number of hydrogen-bond acceptors (Lipinski definition) is 3. The van der Waals surface area contributed by atoms with E-state index in [4.69, 9.17) is 5.73 Å². The predicted octanol–water partition coefficient (Wildman–Crippen LogP) is 1.00. The molecule has 0 saturated carbocycles. The van der Waals surface area contributed by atoms with Crippen molar-refractivity contribution in [3.63, 3.8) is 0 Å². The van der Waals surface area contributed by atoms with E-state index in [1.165, 1.54) is 0 Å². The van der Waals surface area contributed by atoms with E-state index in [0.29, 0.717) is 5.16 Å². The van der Waals surface area contributed by atoms with E-state index in [1.54, 1.807) is 12.4 Å². The van der Waals surface area contributed by atoms with Crippen molar-refractivity contribution >= 4 is 29.4 Å². The Kier molecular flexibility index (Phi) is 3.90. The zero-order chi connectivity index (χ0) is 6.69. The Morgan fingerprint density at radius 1 is 1.80 bits per heavy atom. The highest BCUT2D eigenvalue weighted by atomic mass is 35.5. The fourth-order valence-corrected chi connectivity index (χ4v) is 0.833. The van der Waals surface area contributed by atoms with Crippen LogP contribution >= 0.6 is 24.2 Å².